The zero-order valence-corrected chi connectivity index (χ0v) is 10.8. The first-order chi connectivity index (χ1) is 8.20. The fourth-order valence-corrected chi connectivity index (χ4v) is 2.60. The third-order valence-corrected chi connectivity index (χ3v) is 3.99. The molecule has 0 aromatic carbocycles. The van der Waals surface area contributed by atoms with E-state index in [4.69, 9.17) is 5.73 Å². The molecule has 94 valence electrons. The van der Waals surface area contributed by atoms with Crippen LogP contribution in [0.15, 0.2) is 0 Å². The van der Waals surface area contributed by atoms with Gasteiger partial charge in [0.15, 0.2) is 5.13 Å². The Morgan fingerprint density at radius 2 is 2.35 bits per heavy atom. The van der Waals surface area contributed by atoms with Gasteiger partial charge in [-0.3, -0.25) is 4.79 Å². The van der Waals surface area contributed by atoms with Crippen molar-refractivity contribution < 1.29 is 4.79 Å². The van der Waals surface area contributed by atoms with Crippen LogP contribution in [-0.2, 0) is 0 Å². The van der Waals surface area contributed by atoms with Gasteiger partial charge in [-0.1, -0.05) is 17.8 Å². The average Bonchev–Trinajstić information content (AvgIpc) is 2.57. The molecule has 1 aliphatic carbocycles. The summed E-state index contributed by atoms with van der Waals surface area (Å²) in [4.78, 5) is 16.5. The maximum Gasteiger partial charge on any atom is 0.265 e. The highest BCUT2D eigenvalue weighted by Crippen LogP contribution is 2.27. The first kappa shape index (κ1) is 12.2. The molecule has 1 heterocycles. The number of nitrogens with zero attached hydrogens (tertiary/aromatic N) is 1. The van der Waals surface area contributed by atoms with Crippen LogP contribution in [-0.4, -0.2) is 24.0 Å². The van der Waals surface area contributed by atoms with Crippen LogP contribution >= 0.6 is 11.3 Å². The summed E-state index contributed by atoms with van der Waals surface area (Å²) >= 11 is 1.31. The minimum Gasteiger partial charge on any atom is -0.382 e. The Labute approximate surface area is 105 Å². The summed E-state index contributed by atoms with van der Waals surface area (Å²) in [7, 11) is 0. The van der Waals surface area contributed by atoms with Crippen molar-refractivity contribution in [3.63, 3.8) is 0 Å². The first-order valence-corrected chi connectivity index (χ1v) is 6.80. The minimum atomic E-state index is -0.101. The second-order valence-electron chi connectivity index (χ2n) is 4.27. The zero-order chi connectivity index (χ0) is 12.3. The Morgan fingerprint density at radius 1 is 1.59 bits per heavy atom. The first-order valence-electron chi connectivity index (χ1n) is 5.99. The highest BCUT2D eigenvalue weighted by molar-refractivity contribution is 7.18. The second-order valence-corrected chi connectivity index (χ2v) is 5.27. The van der Waals surface area contributed by atoms with Gasteiger partial charge in [-0.05, 0) is 25.7 Å². The van der Waals surface area contributed by atoms with E-state index in [0.29, 0.717) is 21.7 Å². The molecule has 1 fully saturated rings. The number of thiazole rings is 1. The summed E-state index contributed by atoms with van der Waals surface area (Å²) in [5, 5.41) is 6.69. The number of carbonyl (C=O) groups excluding carboxylic acids is 1. The molecule has 1 aromatic heterocycles. The fourth-order valence-electron chi connectivity index (χ4n) is 1.74. The van der Waals surface area contributed by atoms with Crippen molar-refractivity contribution in [1.82, 2.24) is 10.3 Å². The molecule has 1 saturated carbocycles. The van der Waals surface area contributed by atoms with Gasteiger partial charge < -0.3 is 16.4 Å². The van der Waals surface area contributed by atoms with Crippen molar-refractivity contribution >= 4 is 28.2 Å². The normalized spacial score (nSPS) is 15.4. The van der Waals surface area contributed by atoms with E-state index in [1.807, 2.05) is 6.92 Å². The highest BCUT2D eigenvalue weighted by Gasteiger charge is 2.20. The molecule has 0 atom stereocenters. The largest absolute Gasteiger partial charge is 0.382 e. The van der Waals surface area contributed by atoms with Crippen LogP contribution in [0.5, 0.6) is 0 Å². The zero-order valence-electron chi connectivity index (χ0n) is 9.95. The van der Waals surface area contributed by atoms with Crippen LogP contribution in [0, 0.1) is 5.92 Å². The third-order valence-electron chi connectivity index (χ3n) is 2.96. The summed E-state index contributed by atoms with van der Waals surface area (Å²) in [5.41, 5.74) is 5.72. The molecule has 0 bridgehead atoms. The molecular weight excluding hydrogens is 236 g/mol. The number of aromatic nitrogens is 1. The molecule has 0 aliphatic heterocycles. The van der Waals surface area contributed by atoms with E-state index < -0.39 is 0 Å². The Kier molecular flexibility index (Phi) is 3.83. The number of hydrogen-bond acceptors (Lipinski definition) is 5. The Balaban J connectivity index is 1.92. The third kappa shape index (κ3) is 2.88. The monoisotopic (exact) mass is 254 g/mol. The molecule has 0 spiro atoms. The smallest absolute Gasteiger partial charge is 0.265 e. The van der Waals surface area contributed by atoms with Gasteiger partial charge >= 0.3 is 0 Å². The van der Waals surface area contributed by atoms with Gasteiger partial charge in [0, 0.05) is 13.1 Å². The molecule has 0 radical (unpaired) electrons. The lowest BCUT2D eigenvalue weighted by Gasteiger charge is -2.25. The lowest BCUT2D eigenvalue weighted by atomic mass is 9.85. The van der Waals surface area contributed by atoms with Crippen LogP contribution in [0.3, 0.4) is 0 Å². The number of rotatable bonds is 5. The van der Waals surface area contributed by atoms with Gasteiger partial charge in [0.2, 0.25) is 0 Å². The Hall–Kier alpha value is -1.30. The number of nitrogens with two attached hydrogens (primary N) is 1. The second kappa shape index (κ2) is 5.35. The SMILES string of the molecule is CCNc1nc(N)c(C(=O)NCC2CCC2)s1. The van der Waals surface area contributed by atoms with Crippen LogP contribution < -0.4 is 16.4 Å². The van der Waals surface area contributed by atoms with E-state index in [2.05, 4.69) is 15.6 Å². The molecular formula is C11H18N4OS. The maximum atomic E-state index is 11.9. The molecule has 0 unspecified atom stereocenters. The van der Waals surface area contributed by atoms with Crippen molar-refractivity contribution in [1.29, 1.82) is 0 Å². The average molecular weight is 254 g/mol. The summed E-state index contributed by atoms with van der Waals surface area (Å²) in [6.07, 6.45) is 3.73. The highest BCUT2D eigenvalue weighted by atomic mass is 32.1. The standard InChI is InChI=1S/C11H18N4OS/c1-2-13-11-15-9(12)8(17-11)10(16)14-6-7-4-3-5-7/h7H,2-6,12H2,1H3,(H,13,15)(H,14,16). The lowest BCUT2D eigenvalue weighted by molar-refractivity contribution is 0.0944. The van der Waals surface area contributed by atoms with Crippen molar-refractivity contribution in [2.75, 3.05) is 24.1 Å². The van der Waals surface area contributed by atoms with Gasteiger partial charge in [0.25, 0.3) is 5.91 Å². The summed E-state index contributed by atoms with van der Waals surface area (Å²) in [5.74, 6) is 0.870. The van der Waals surface area contributed by atoms with E-state index in [1.165, 1.54) is 30.6 Å². The topological polar surface area (TPSA) is 80.0 Å². The predicted octanol–water partition coefficient (Wildman–Crippen LogP) is 1.69. The fraction of sp³-hybridized carbons (Fsp3) is 0.636. The molecule has 2 rings (SSSR count). The van der Waals surface area contributed by atoms with E-state index >= 15 is 0 Å². The number of carbonyl (C=O) groups is 1. The molecule has 5 nitrogen and oxygen atoms in total. The molecule has 17 heavy (non-hydrogen) atoms. The van der Waals surface area contributed by atoms with Crippen molar-refractivity contribution in [3.05, 3.63) is 4.88 Å². The van der Waals surface area contributed by atoms with Gasteiger partial charge in [0.1, 0.15) is 10.7 Å². The number of amides is 1. The lowest BCUT2D eigenvalue weighted by Crippen LogP contribution is -2.32. The number of nitrogens with one attached hydrogen (secondary N) is 2. The number of nitrogen functional groups attached to an aromatic ring is 1. The summed E-state index contributed by atoms with van der Waals surface area (Å²) < 4.78 is 0. The van der Waals surface area contributed by atoms with Gasteiger partial charge in [-0.15, -0.1) is 0 Å². The van der Waals surface area contributed by atoms with E-state index in [9.17, 15) is 4.79 Å². The molecule has 6 heteroatoms. The van der Waals surface area contributed by atoms with Crippen LogP contribution in [0.1, 0.15) is 35.9 Å². The Bertz CT molecular complexity index is 400. The molecule has 4 N–H and O–H groups in total. The van der Waals surface area contributed by atoms with Crippen molar-refractivity contribution in [3.8, 4) is 0 Å². The minimum absolute atomic E-state index is 0.101. The van der Waals surface area contributed by atoms with Crippen LogP contribution in [0.25, 0.3) is 0 Å². The van der Waals surface area contributed by atoms with Crippen LogP contribution in [0.4, 0.5) is 10.9 Å². The van der Waals surface area contributed by atoms with Gasteiger partial charge in [0.05, 0.1) is 0 Å². The van der Waals surface area contributed by atoms with E-state index in [-0.39, 0.29) is 5.91 Å². The van der Waals surface area contributed by atoms with Crippen molar-refractivity contribution in [2.24, 2.45) is 5.92 Å². The van der Waals surface area contributed by atoms with E-state index in [0.717, 1.165) is 13.1 Å². The number of anilines is 2. The summed E-state index contributed by atoms with van der Waals surface area (Å²) in [6.45, 7) is 3.51. The summed E-state index contributed by atoms with van der Waals surface area (Å²) in [6, 6.07) is 0. The van der Waals surface area contributed by atoms with E-state index in [1.54, 1.807) is 0 Å². The molecule has 1 amide bonds. The molecule has 1 aromatic rings. The molecule has 1 aliphatic rings. The van der Waals surface area contributed by atoms with Crippen molar-refractivity contribution in [2.45, 2.75) is 26.2 Å². The molecule has 0 saturated heterocycles. The predicted molar refractivity (Wildman–Crippen MR) is 70.4 cm³/mol. The quantitative estimate of drug-likeness (QED) is 0.747. The Morgan fingerprint density at radius 3 is 2.94 bits per heavy atom. The van der Waals surface area contributed by atoms with Gasteiger partial charge in [-0.2, -0.15) is 0 Å². The van der Waals surface area contributed by atoms with Gasteiger partial charge in [-0.25, -0.2) is 4.98 Å². The number of hydrogen-bond donors (Lipinski definition) is 3. The van der Waals surface area contributed by atoms with Crippen LogP contribution in [0.2, 0.25) is 0 Å². The maximum absolute atomic E-state index is 11.9.